The van der Waals surface area contributed by atoms with Crippen molar-refractivity contribution in [2.45, 2.75) is 17.4 Å². The Balaban J connectivity index is 2.41. The summed E-state index contributed by atoms with van der Waals surface area (Å²) in [5.41, 5.74) is 5.86. The van der Waals surface area contributed by atoms with Crippen LogP contribution in [0, 0.1) is 22.5 Å². The van der Waals surface area contributed by atoms with Gasteiger partial charge in [-0.15, -0.1) is 6.42 Å². The van der Waals surface area contributed by atoms with Crippen LogP contribution in [0.15, 0.2) is 53.4 Å². The zero-order valence-corrected chi connectivity index (χ0v) is 16.3. The van der Waals surface area contributed by atoms with Gasteiger partial charge in [0, 0.05) is 12.1 Å². The molecule has 0 heterocycles. The number of carbonyl (C=O) groups is 1. The van der Waals surface area contributed by atoms with Gasteiger partial charge in [-0.05, 0) is 36.2 Å². The molecule has 2 aromatic rings. The molecular formula is C19H19N3O6S. The smallest absolute Gasteiger partial charge is 0.269 e. The van der Waals surface area contributed by atoms with E-state index in [1.54, 1.807) is 24.3 Å². The third-order valence-corrected chi connectivity index (χ3v) is 6.03. The van der Waals surface area contributed by atoms with Crippen LogP contribution in [0.5, 0.6) is 5.75 Å². The maximum Gasteiger partial charge on any atom is 0.269 e. The van der Waals surface area contributed by atoms with Gasteiger partial charge in [0.1, 0.15) is 11.8 Å². The molecule has 1 atom stereocenters. The van der Waals surface area contributed by atoms with E-state index in [0.29, 0.717) is 11.3 Å². The van der Waals surface area contributed by atoms with E-state index in [4.69, 9.17) is 16.9 Å². The molecule has 1 amide bonds. The topological polar surface area (TPSA) is 133 Å². The third kappa shape index (κ3) is 5.10. The molecule has 0 spiro atoms. The van der Waals surface area contributed by atoms with Crippen LogP contribution in [-0.2, 0) is 21.2 Å². The molecule has 0 saturated heterocycles. The minimum Gasteiger partial charge on any atom is -0.497 e. The summed E-state index contributed by atoms with van der Waals surface area (Å²) in [5.74, 6) is 1.95. The quantitative estimate of drug-likeness (QED) is 0.372. The van der Waals surface area contributed by atoms with Crippen molar-refractivity contribution in [3.05, 3.63) is 64.2 Å². The number of amides is 1. The molecule has 0 bridgehead atoms. The van der Waals surface area contributed by atoms with Gasteiger partial charge in [-0.25, -0.2) is 8.42 Å². The Kier molecular flexibility index (Phi) is 6.93. The molecule has 2 N–H and O–H groups in total. The molecule has 9 nitrogen and oxygen atoms in total. The first-order chi connectivity index (χ1) is 13.7. The number of nitro benzene ring substituents is 1. The van der Waals surface area contributed by atoms with Crippen molar-refractivity contribution in [3.8, 4) is 18.1 Å². The summed E-state index contributed by atoms with van der Waals surface area (Å²) >= 11 is 0. The van der Waals surface area contributed by atoms with E-state index in [9.17, 15) is 23.3 Å². The van der Waals surface area contributed by atoms with E-state index >= 15 is 0 Å². The maximum absolute atomic E-state index is 13.1. The molecule has 0 fully saturated rings. The van der Waals surface area contributed by atoms with Crippen LogP contribution in [0.1, 0.15) is 5.56 Å². The van der Waals surface area contributed by atoms with Crippen molar-refractivity contribution in [2.24, 2.45) is 5.73 Å². The van der Waals surface area contributed by atoms with Crippen LogP contribution in [0.3, 0.4) is 0 Å². The van der Waals surface area contributed by atoms with Gasteiger partial charge in [0.15, 0.2) is 0 Å². The minimum atomic E-state index is -4.24. The normalized spacial score (nSPS) is 12.2. The third-order valence-electron chi connectivity index (χ3n) is 4.17. The summed E-state index contributed by atoms with van der Waals surface area (Å²) in [6.45, 7) is -0.400. The van der Waals surface area contributed by atoms with Crippen LogP contribution in [0.25, 0.3) is 0 Å². The monoisotopic (exact) mass is 417 g/mol. The predicted octanol–water partition coefficient (Wildman–Crippen LogP) is 1.32. The number of non-ortho nitro benzene ring substituents is 1. The van der Waals surface area contributed by atoms with E-state index < -0.39 is 33.4 Å². The van der Waals surface area contributed by atoms with E-state index in [0.717, 1.165) is 28.6 Å². The standard InChI is InChI=1S/C19H19N3O6S/c1-3-12-21(29(26,27)17-10-6-15(7-11-17)22(24)25)18(19(20)23)13-14-4-8-16(28-2)9-5-14/h1,4-11,18H,12-13H2,2H3,(H2,20,23)/t18-/m0/s1. The first kappa shape index (κ1) is 21.9. The summed E-state index contributed by atoms with van der Waals surface area (Å²) in [4.78, 5) is 22.0. The Morgan fingerprint density at radius 1 is 1.24 bits per heavy atom. The molecule has 0 saturated carbocycles. The van der Waals surface area contributed by atoms with Crippen molar-refractivity contribution in [1.29, 1.82) is 0 Å². The number of hydrogen-bond acceptors (Lipinski definition) is 6. The number of terminal acetylenes is 1. The Hall–Kier alpha value is -3.42. The molecule has 0 unspecified atom stereocenters. The number of nitrogens with two attached hydrogens (primary N) is 1. The fourth-order valence-electron chi connectivity index (χ4n) is 2.66. The van der Waals surface area contributed by atoms with Gasteiger partial charge < -0.3 is 10.5 Å². The van der Waals surface area contributed by atoms with Gasteiger partial charge in [-0.1, -0.05) is 18.1 Å². The lowest BCUT2D eigenvalue weighted by molar-refractivity contribution is -0.384. The summed E-state index contributed by atoms with van der Waals surface area (Å²) in [5, 5.41) is 10.8. The largest absolute Gasteiger partial charge is 0.497 e. The Morgan fingerprint density at radius 2 is 1.83 bits per heavy atom. The van der Waals surface area contributed by atoms with Crippen LogP contribution >= 0.6 is 0 Å². The molecule has 10 heteroatoms. The van der Waals surface area contributed by atoms with Crippen LogP contribution < -0.4 is 10.5 Å². The maximum atomic E-state index is 13.1. The lowest BCUT2D eigenvalue weighted by Gasteiger charge is -2.27. The van der Waals surface area contributed by atoms with Gasteiger partial charge in [0.25, 0.3) is 5.69 Å². The molecule has 152 valence electrons. The SMILES string of the molecule is C#CCN([C@@H](Cc1ccc(OC)cc1)C(N)=O)S(=O)(=O)c1ccc([N+](=O)[O-])cc1. The Bertz CT molecular complexity index is 1030. The lowest BCUT2D eigenvalue weighted by Crippen LogP contribution is -2.49. The fourth-order valence-corrected chi connectivity index (χ4v) is 4.17. The number of methoxy groups -OCH3 is 1. The predicted molar refractivity (Wildman–Crippen MR) is 106 cm³/mol. The number of sulfonamides is 1. The number of nitrogens with zero attached hydrogens (tertiary/aromatic N) is 2. The zero-order chi connectivity index (χ0) is 21.6. The van der Waals surface area contributed by atoms with Crippen LogP contribution in [0.2, 0.25) is 0 Å². The van der Waals surface area contributed by atoms with Crippen molar-refractivity contribution in [1.82, 2.24) is 4.31 Å². The molecule has 0 aliphatic rings. The number of ether oxygens (including phenoxy) is 1. The number of benzene rings is 2. The fraction of sp³-hybridized carbons (Fsp3) is 0.211. The summed E-state index contributed by atoms with van der Waals surface area (Å²) in [6.07, 6.45) is 5.32. The average Bonchev–Trinajstić information content (AvgIpc) is 2.70. The molecule has 0 aliphatic carbocycles. The van der Waals surface area contributed by atoms with E-state index in [2.05, 4.69) is 5.92 Å². The minimum absolute atomic E-state index is 0.00673. The van der Waals surface area contributed by atoms with E-state index in [1.807, 2.05) is 0 Å². The lowest BCUT2D eigenvalue weighted by atomic mass is 10.1. The van der Waals surface area contributed by atoms with E-state index in [-0.39, 0.29) is 17.0 Å². The second kappa shape index (κ2) is 9.18. The number of carbonyl (C=O) groups excluding carboxylic acids is 1. The highest BCUT2D eigenvalue weighted by molar-refractivity contribution is 7.89. The van der Waals surface area contributed by atoms with Gasteiger partial charge in [-0.2, -0.15) is 4.31 Å². The summed E-state index contributed by atoms with van der Waals surface area (Å²) in [6, 6.07) is 9.74. The number of nitro groups is 1. The van der Waals surface area contributed by atoms with Gasteiger partial charge in [0.2, 0.25) is 15.9 Å². The highest BCUT2D eigenvalue weighted by Crippen LogP contribution is 2.23. The van der Waals surface area contributed by atoms with Crippen molar-refractivity contribution in [3.63, 3.8) is 0 Å². The molecule has 2 aromatic carbocycles. The summed E-state index contributed by atoms with van der Waals surface area (Å²) < 4.78 is 32.0. The Labute approximate surface area is 168 Å². The molecule has 0 aromatic heterocycles. The van der Waals surface area contributed by atoms with Crippen LogP contribution in [-0.4, -0.2) is 43.2 Å². The first-order valence-corrected chi connectivity index (χ1v) is 9.76. The highest BCUT2D eigenvalue weighted by atomic mass is 32.2. The van der Waals surface area contributed by atoms with Gasteiger partial charge >= 0.3 is 0 Å². The zero-order valence-electron chi connectivity index (χ0n) is 15.5. The Morgan fingerprint density at radius 3 is 2.28 bits per heavy atom. The number of rotatable bonds is 9. The molecule has 29 heavy (non-hydrogen) atoms. The van der Waals surface area contributed by atoms with Gasteiger partial charge in [0.05, 0.1) is 23.5 Å². The van der Waals surface area contributed by atoms with Gasteiger partial charge in [-0.3, -0.25) is 14.9 Å². The molecule has 0 radical (unpaired) electrons. The summed E-state index contributed by atoms with van der Waals surface area (Å²) in [7, 11) is -2.73. The first-order valence-electron chi connectivity index (χ1n) is 8.32. The van der Waals surface area contributed by atoms with Crippen LogP contribution in [0.4, 0.5) is 5.69 Å². The molecular weight excluding hydrogens is 398 g/mol. The van der Waals surface area contributed by atoms with Crippen molar-refractivity contribution < 1.29 is 22.9 Å². The van der Waals surface area contributed by atoms with E-state index in [1.165, 1.54) is 7.11 Å². The average molecular weight is 417 g/mol. The van der Waals surface area contributed by atoms with Crippen molar-refractivity contribution in [2.75, 3.05) is 13.7 Å². The second-order valence-corrected chi connectivity index (χ2v) is 7.87. The molecule has 0 aliphatic heterocycles. The second-order valence-electron chi connectivity index (χ2n) is 5.98. The highest BCUT2D eigenvalue weighted by Gasteiger charge is 2.34. The number of primary amides is 1. The number of hydrogen-bond donors (Lipinski definition) is 1. The van der Waals surface area contributed by atoms with Crippen molar-refractivity contribution >= 4 is 21.6 Å². The molecule has 2 rings (SSSR count).